The van der Waals surface area contributed by atoms with Gasteiger partial charge in [0.25, 0.3) is 0 Å². The van der Waals surface area contributed by atoms with E-state index in [1.165, 1.54) is 19.1 Å². The van der Waals surface area contributed by atoms with E-state index in [4.69, 9.17) is 0 Å². The molecule has 1 saturated carbocycles. The average molecular weight is 303 g/mol. The van der Waals surface area contributed by atoms with Crippen molar-refractivity contribution in [1.82, 2.24) is 5.32 Å². The first-order chi connectivity index (χ1) is 9.71. The molecule has 1 aromatic carbocycles. The topological polar surface area (TPSA) is 58.6 Å². The van der Waals surface area contributed by atoms with Gasteiger partial charge >= 0.3 is 12.3 Å². The minimum Gasteiger partial charge on any atom is -0.480 e. The second kappa shape index (κ2) is 5.55. The molecule has 116 valence electrons. The summed E-state index contributed by atoms with van der Waals surface area (Å²) in [5.41, 5.74) is -0.954. The number of benzene rings is 1. The molecule has 0 radical (unpaired) electrons. The lowest BCUT2D eigenvalue weighted by atomic mass is 9.92. The number of carboxylic acid groups (broad SMARTS) is 1. The van der Waals surface area contributed by atoms with Gasteiger partial charge in [0.15, 0.2) is 0 Å². The second-order valence-electron chi connectivity index (χ2n) is 5.33. The molecule has 1 unspecified atom stereocenters. The van der Waals surface area contributed by atoms with Crippen molar-refractivity contribution in [3.63, 3.8) is 0 Å². The van der Waals surface area contributed by atoms with E-state index in [-0.39, 0.29) is 5.75 Å². The fourth-order valence-corrected chi connectivity index (χ4v) is 1.96. The Balaban J connectivity index is 2.14. The number of aliphatic carboxylic acids is 1. The van der Waals surface area contributed by atoms with E-state index in [0.717, 1.165) is 25.0 Å². The number of ether oxygens (including phenoxy) is 1. The van der Waals surface area contributed by atoms with Crippen molar-refractivity contribution >= 4 is 5.97 Å². The monoisotopic (exact) mass is 303 g/mol. The molecule has 1 fully saturated rings. The summed E-state index contributed by atoms with van der Waals surface area (Å²) in [5.74, 6) is -0.967. The molecule has 2 N–H and O–H groups in total. The average Bonchev–Trinajstić information content (AvgIpc) is 3.18. The molecule has 1 aliphatic rings. The molecule has 2 rings (SSSR count). The summed E-state index contributed by atoms with van der Waals surface area (Å²) in [7, 11) is 0. The van der Waals surface area contributed by atoms with Crippen molar-refractivity contribution in [3.05, 3.63) is 29.8 Å². The summed E-state index contributed by atoms with van der Waals surface area (Å²) in [6, 6.07) is 4.88. The maximum absolute atomic E-state index is 12.1. The van der Waals surface area contributed by atoms with Gasteiger partial charge < -0.3 is 9.84 Å². The van der Waals surface area contributed by atoms with E-state index in [1.54, 1.807) is 0 Å². The molecule has 0 aliphatic heterocycles. The van der Waals surface area contributed by atoms with E-state index >= 15 is 0 Å². The molecule has 21 heavy (non-hydrogen) atoms. The highest BCUT2D eigenvalue weighted by molar-refractivity contribution is 5.80. The largest absolute Gasteiger partial charge is 0.573 e. The first-order valence-electron chi connectivity index (χ1n) is 6.55. The van der Waals surface area contributed by atoms with Crippen LogP contribution in [0.25, 0.3) is 0 Å². The fourth-order valence-electron chi connectivity index (χ4n) is 1.96. The highest BCUT2D eigenvalue weighted by Gasteiger charge is 2.37. The Morgan fingerprint density at radius 2 is 1.90 bits per heavy atom. The maximum atomic E-state index is 12.1. The molecule has 7 heteroatoms. The molecule has 4 nitrogen and oxygen atoms in total. The van der Waals surface area contributed by atoms with Crippen LogP contribution >= 0.6 is 0 Å². The number of carboxylic acids is 1. The van der Waals surface area contributed by atoms with Gasteiger partial charge in [-0.2, -0.15) is 0 Å². The van der Waals surface area contributed by atoms with Crippen molar-refractivity contribution in [2.45, 2.75) is 31.7 Å². The summed E-state index contributed by atoms with van der Waals surface area (Å²) in [6.45, 7) is 2.07. The third kappa shape index (κ3) is 4.10. The van der Waals surface area contributed by atoms with E-state index in [9.17, 15) is 23.1 Å². The minimum atomic E-state index is -4.76. The van der Waals surface area contributed by atoms with Crippen LogP contribution < -0.4 is 10.1 Å². The molecule has 0 saturated heterocycles. The lowest BCUT2D eigenvalue weighted by Crippen LogP contribution is -2.47. The standard InChI is InChI=1S/C14H16F3NO3/c1-13(12(19)20,18-8-9-2-3-9)10-4-6-11(7-5-10)21-14(15,16)17/h4-7,9,18H,2-3,8H2,1H3,(H,19,20). The Morgan fingerprint density at radius 1 is 1.33 bits per heavy atom. The molecular formula is C14H16F3NO3. The lowest BCUT2D eigenvalue weighted by Gasteiger charge is -2.27. The van der Waals surface area contributed by atoms with Crippen LogP contribution in [-0.2, 0) is 10.3 Å². The van der Waals surface area contributed by atoms with Crippen molar-refractivity contribution in [3.8, 4) is 5.75 Å². The number of carbonyl (C=O) groups is 1. The first-order valence-corrected chi connectivity index (χ1v) is 6.55. The minimum absolute atomic E-state index is 0.374. The molecule has 1 aliphatic carbocycles. The van der Waals surface area contributed by atoms with Crippen molar-refractivity contribution < 1.29 is 27.8 Å². The quantitative estimate of drug-likeness (QED) is 0.848. The zero-order valence-electron chi connectivity index (χ0n) is 11.4. The van der Waals surface area contributed by atoms with Gasteiger partial charge in [-0.15, -0.1) is 13.2 Å². The number of alkyl halides is 3. The Morgan fingerprint density at radius 3 is 2.33 bits per heavy atom. The summed E-state index contributed by atoms with van der Waals surface area (Å²) >= 11 is 0. The summed E-state index contributed by atoms with van der Waals surface area (Å²) in [4.78, 5) is 11.5. The van der Waals surface area contributed by atoms with Crippen molar-refractivity contribution in [1.29, 1.82) is 0 Å². The van der Waals surface area contributed by atoms with E-state index < -0.39 is 17.9 Å². The molecule has 0 bridgehead atoms. The highest BCUT2D eigenvalue weighted by atomic mass is 19.4. The van der Waals surface area contributed by atoms with Crippen LogP contribution in [0.4, 0.5) is 13.2 Å². The van der Waals surface area contributed by atoms with Gasteiger partial charge in [-0.25, -0.2) is 4.79 Å². The molecule has 0 aromatic heterocycles. The normalized spacial score (nSPS) is 18.1. The lowest BCUT2D eigenvalue weighted by molar-refractivity contribution is -0.274. The number of halogens is 3. The van der Waals surface area contributed by atoms with Crippen molar-refractivity contribution in [2.24, 2.45) is 5.92 Å². The third-order valence-corrected chi connectivity index (χ3v) is 3.53. The predicted molar refractivity (Wildman–Crippen MR) is 68.8 cm³/mol. The van der Waals surface area contributed by atoms with Crippen LogP contribution in [-0.4, -0.2) is 24.0 Å². The van der Waals surface area contributed by atoms with Crippen LogP contribution in [0, 0.1) is 5.92 Å². The molecule has 0 amide bonds. The Labute approximate surface area is 119 Å². The van der Waals surface area contributed by atoms with Crippen LogP contribution in [0.1, 0.15) is 25.3 Å². The van der Waals surface area contributed by atoms with Gasteiger partial charge in [0.05, 0.1) is 0 Å². The van der Waals surface area contributed by atoms with Crippen LogP contribution in [0.15, 0.2) is 24.3 Å². The highest BCUT2D eigenvalue weighted by Crippen LogP contribution is 2.31. The predicted octanol–water partition coefficient (Wildman–Crippen LogP) is 2.88. The zero-order chi connectivity index (χ0) is 15.7. The third-order valence-electron chi connectivity index (χ3n) is 3.53. The molecule has 0 heterocycles. The van der Waals surface area contributed by atoms with Gasteiger partial charge in [0.1, 0.15) is 11.3 Å². The maximum Gasteiger partial charge on any atom is 0.573 e. The molecule has 1 atom stereocenters. The fraction of sp³-hybridized carbons (Fsp3) is 0.500. The van der Waals surface area contributed by atoms with Gasteiger partial charge in [-0.3, -0.25) is 5.32 Å². The second-order valence-corrected chi connectivity index (χ2v) is 5.33. The van der Waals surface area contributed by atoms with Gasteiger partial charge in [-0.05, 0) is 49.9 Å². The van der Waals surface area contributed by atoms with E-state index in [2.05, 4.69) is 10.1 Å². The van der Waals surface area contributed by atoms with Crippen LogP contribution in [0.2, 0.25) is 0 Å². The zero-order valence-corrected chi connectivity index (χ0v) is 11.4. The summed E-state index contributed by atoms with van der Waals surface area (Å²) in [5, 5.41) is 12.4. The van der Waals surface area contributed by atoms with Crippen LogP contribution in [0.5, 0.6) is 5.75 Å². The molecule has 0 spiro atoms. The van der Waals surface area contributed by atoms with Crippen LogP contribution in [0.3, 0.4) is 0 Å². The van der Waals surface area contributed by atoms with Gasteiger partial charge in [-0.1, -0.05) is 12.1 Å². The number of rotatable bonds is 6. The smallest absolute Gasteiger partial charge is 0.480 e. The van der Waals surface area contributed by atoms with Crippen molar-refractivity contribution in [2.75, 3.05) is 6.54 Å². The van der Waals surface area contributed by atoms with E-state index in [1.807, 2.05) is 0 Å². The first kappa shape index (κ1) is 15.6. The SMILES string of the molecule is CC(NCC1CC1)(C(=O)O)c1ccc(OC(F)(F)F)cc1. The molecule has 1 aromatic rings. The number of hydrogen-bond acceptors (Lipinski definition) is 3. The van der Waals surface area contributed by atoms with Gasteiger partial charge in [0.2, 0.25) is 0 Å². The summed E-state index contributed by atoms with van der Waals surface area (Å²) in [6.07, 6.45) is -2.62. The van der Waals surface area contributed by atoms with Gasteiger partial charge in [0, 0.05) is 0 Å². The Kier molecular flexibility index (Phi) is 4.13. The number of nitrogens with one attached hydrogen (secondary N) is 1. The summed E-state index contributed by atoms with van der Waals surface area (Å²) < 4.78 is 40.0. The Bertz CT molecular complexity index is 511. The van der Waals surface area contributed by atoms with E-state index in [0.29, 0.717) is 18.0 Å². The molecular weight excluding hydrogens is 287 g/mol. The number of hydrogen-bond donors (Lipinski definition) is 2. The Hall–Kier alpha value is -1.76.